The maximum Gasteiger partial charge on any atom is 0.157 e. The Bertz CT molecular complexity index is 284. The van der Waals surface area contributed by atoms with Gasteiger partial charge in [0.1, 0.15) is 8.07 Å². The van der Waals surface area contributed by atoms with E-state index in [1.165, 1.54) is 6.42 Å². The first-order valence-corrected chi connectivity index (χ1v) is 10.5. The summed E-state index contributed by atoms with van der Waals surface area (Å²) in [5.74, 6) is 3.24. The Hall–Kier alpha value is -0.343. The molecule has 1 rings (SSSR count). The van der Waals surface area contributed by atoms with Crippen molar-refractivity contribution >= 4 is 8.07 Å². The van der Waals surface area contributed by atoms with Gasteiger partial charge in [0, 0.05) is 19.1 Å². The Morgan fingerprint density at radius 3 is 2.78 bits per heavy atom. The van der Waals surface area contributed by atoms with Gasteiger partial charge in [-0.05, 0) is 25.7 Å². The summed E-state index contributed by atoms with van der Waals surface area (Å²) in [5.41, 5.74) is 9.35. The molecule has 0 radical (unpaired) electrons. The second-order valence-electron chi connectivity index (χ2n) is 5.98. The maximum absolute atomic E-state index is 6.00. The van der Waals surface area contributed by atoms with Crippen LogP contribution in [0.5, 0.6) is 0 Å². The van der Waals surface area contributed by atoms with Crippen LogP contribution in [0.3, 0.4) is 0 Å². The summed E-state index contributed by atoms with van der Waals surface area (Å²) < 4.78 is 11.2. The summed E-state index contributed by atoms with van der Waals surface area (Å²) in [4.78, 5) is 0. The van der Waals surface area contributed by atoms with Crippen LogP contribution in [0.25, 0.3) is 0 Å². The van der Waals surface area contributed by atoms with Gasteiger partial charge in [0.15, 0.2) is 6.29 Å². The summed E-state index contributed by atoms with van der Waals surface area (Å²) in [6.07, 6.45) is 5.10. The third-order valence-corrected chi connectivity index (χ3v) is 3.66. The van der Waals surface area contributed by atoms with Crippen LogP contribution in [-0.2, 0) is 9.47 Å². The van der Waals surface area contributed by atoms with E-state index in [0.29, 0.717) is 6.61 Å². The Balaban J connectivity index is 2.09. The predicted octanol–water partition coefficient (Wildman–Crippen LogP) is 2.52. The molecule has 0 spiro atoms. The van der Waals surface area contributed by atoms with Crippen molar-refractivity contribution in [2.75, 3.05) is 13.2 Å². The molecule has 2 atom stereocenters. The SMILES string of the molecule is C[Si](C)(C)C#CCC[C@H](N)COC1CCCCO1. The average molecular weight is 269 g/mol. The summed E-state index contributed by atoms with van der Waals surface area (Å²) in [5, 5.41) is 0. The van der Waals surface area contributed by atoms with E-state index in [9.17, 15) is 0 Å². The van der Waals surface area contributed by atoms with Crippen molar-refractivity contribution in [2.45, 2.75) is 64.1 Å². The minimum absolute atomic E-state index is 0.0298. The minimum Gasteiger partial charge on any atom is -0.353 e. The lowest BCUT2D eigenvalue weighted by molar-refractivity contribution is -0.164. The Labute approximate surface area is 112 Å². The summed E-state index contributed by atoms with van der Waals surface area (Å²) >= 11 is 0. The van der Waals surface area contributed by atoms with E-state index in [2.05, 4.69) is 31.1 Å². The molecule has 1 saturated heterocycles. The van der Waals surface area contributed by atoms with Gasteiger partial charge in [-0.15, -0.1) is 11.5 Å². The van der Waals surface area contributed by atoms with Gasteiger partial charge in [0.2, 0.25) is 0 Å². The number of ether oxygens (including phenoxy) is 2. The van der Waals surface area contributed by atoms with Crippen LogP contribution < -0.4 is 5.73 Å². The van der Waals surface area contributed by atoms with Crippen molar-refractivity contribution in [3.63, 3.8) is 0 Å². The normalized spacial score (nSPS) is 22.1. The number of nitrogens with two attached hydrogens (primary N) is 1. The van der Waals surface area contributed by atoms with Crippen LogP contribution in [0.1, 0.15) is 32.1 Å². The fourth-order valence-electron chi connectivity index (χ4n) is 1.74. The highest BCUT2D eigenvalue weighted by molar-refractivity contribution is 6.83. The second kappa shape index (κ2) is 7.95. The lowest BCUT2D eigenvalue weighted by atomic mass is 10.2. The maximum atomic E-state index is 6.00. The van der Waals surface area contributed by atoms with Crippen molar-refractivity contribution in [1.82, 2.24) is 0 Å². The molecular weight excluding hydrogens is 242 g/mol. The standard InChI is InChI=1S/C14H27NO2Si/c1-18(2,3)11-7-5-8-13(15)12-17-14-9-4-6-10-16-14/h13-14H,4-6,8-10,12,15H2,1-3H3/t13-,14?/m0/s1. The van der Waals surface area contributed by atoms with Crippen LogP contribution in [-0.4, -0.2) is 33.6 Å². The van der Waals surface area contributed by atoms with E-state index >= 15 is 0 Å². The molecule has 18 heavy (non-hydrogen) atoms. The fourth-order valence-corrected chi connectivity index (χ4v) is 2.40. The molecule has 2 N–H and O–H groups in total. The van der Waals surface area contributed by atoms with E-state index < -0.39 is 8.07 Å². The topological polar surface area (TPSA) is 44.5 Å². The Morgan fingerprint density at radius 1 is 1.39 bits per heavy atom. The summed E-state index contributed by atoms with van der Waals surface area (Å²) in [6.45, 7) is 8.16. The third kappa shape index (κ3) is 7.88. The highest BCUT2D eigenvalue weighted by atomic mass is 28.3. The Kier molecular flexibility index (Phi) is 6.94. The van der Waals surface area contributed by atoms with Gasteiger partial charge in [0.25, 0.3) is 0 Å². The molecule has 0 amide bonds. The molecule has 0 aromatic rings. The fraction of sp³-hybridized carbons (Fsp3) is 0.857. The van der Waals surface area contributed by atoms with Crippen LogP contribution in [0.2, 0.25) is 19.6 Å². The lowest BCUT2D eigenvalue weighted by Gasteiger charge is -2.24. The average Bonchev–Trinajstić information content (AvgIpc) is 2.32. The summed E-state index contributed by atoms with van der Waals surface area (Å²) in [7, 11) is -1.23. The molecule has 0 bridgehead atoms. The van der Waals surface area contributed by atoms with E-state index in [-0.39, 0.29) is 12.3 Å². The third-order valence-electron chi connectivity index (χ3n) is 2.74. The second-order valence-corrected chi connectivity index (χ2v) is 10.7. The van der Waals surface area contributed by atoms with Gasteiger partial charge < -0.3 is 15.2 Å². The zero-order chi connectivity index (χ0) is 13.4. The molecule has 104 valence electrons. The molecule has 4 heteroatoms. The Morgan fingerprint density at radius 2 is 2.17 bits per heavy atom. The van der Waals surface area contributed by atoms with Crippen molar-refractivity contribution in [2.24, 2.45) is 5.73 Å². The molecule has 1 aliphatic heterocycles. The van der Waals surface area contributed by atoms with Gasteiger partial charge >= 0.3 is 0 Å². The van der Waals surface area contributed by atoms with Gasteiger partial charge in [-0.2, -0.15) is 0 Å². The predicted molar refractivity (Wildman–Crippen MR) is 77.9 cm³/mol. The zero-order valence-corrected chi connectivity index (χ0v) is 13.0. The van der Waals surface area contributed by atoms with Gasteiger partial charge in [0.05, 0.1) is 6.61 Å². The van der Waals surface area contributed by atoms with Gasteiger partial charge in [-0.3, -0.25) is 0 Å². The first-order valence-electron chi connectivity index (χ1n) is 6.96. The molecule has 1 aliphatic rings. The monoisotopic (exact) mass is 269 g/mol. The molecule has 0 aliphatic carbocycles. The molecule has 0 saturated carbocycles. The molecule has 1 unspecified atom stereocenters. The van der Waals surface area contributed by atoms with E-state index in [1.807, 2.05) is 0 Å². The highest BCUT2D eigenvalue weighted by Gasteiger charge is 2.15. The molecule has 0 aromatic heterocycles. The van der Waals surface area contributed by atoms with E-state index in [0.717, 1.165) is 32.3 Å². The van der Waals surface area contributed by atoms with Crippen LogP contribution in [0, 0.1) is 11.5 Å². The summed E-state index contributed by atoms with van der Waals surface area (Å²) in [6, 6.07) is 0.0754. The smallest absolute Gasteiger partial charge is 0.157 e. The van der Waals surface area contributed by atoms with Crippen molar-refractivity contribution in [3.05, 3.63) is 0 Å². The first-order chi connectivity index (χ1) is 8.47. The molecule has 0 aromatic carbocycles. The van der Waals surface area contributed by atoms with Gasteiger partial charge in [-0.1, -0.05) is 19.6 Å². The quantitative estimate of drug-likeness (QED) is 0.616. The van der Waals surface area contributed by atoms with E-state index in [1.54, 1.807) is 0 Å². The number of hydrogen-bond donors (Lipinski definition) is 1. The number of rotatable bonds is 5. The molecular formula is C14H27NO2Si. The molecule has 1 heterocycles. The number of hydrogen-bond acceptors (Lipinski definition) is 3. The van der Waals surface area contributed by atoms with Crippen LogP contribution in [0.4, 0.5) is 0 Å². The van der Waals surface area contributed by atoms with Crippen molar-refractivity contribution in [3.8, 4) is 11.5 Å². The minimum atomic E-state index is -1.23. The van der Waals surface area contributed by atoms with E-state index in [4.69, 9.17) is 15.2 Å². The van der Waals surface area contributed by atoms with Crippen molar-refractivity contribution < 1.29 is 9.47 Å². The van der Waals surface area contributed by atoms with Crippen LogP contribution in [0.15, 0.2) is 0 Å². The first kappa shape index (κ1) is 15.7. The molecule has 1 fully saturated rings. The van der Waals surface area contributed by atoms with Crippen molar-refractivity contribution in [1.29, 1.82) is 0 Å². The largest absolute Gasteiger partial charge is 0.353 e. The zero-order valence-electron chi connectivity index (χ0n) is 12.0. The van der Waals surface area contributed by atoms with Crippen LogP contribution >= 0.6 is 0 Å². The molecule has 3 nitrogen and oxygen atoms in total. The highest BCUT2D eigenvalue weighted by Crippen LogP contribution is 2.14. The van der Waals surface area contributed by atoms with Gasteiger partial charge in [-0.25, -0.2) is 0 Å². The lowest BCUT2D eigenvalue weighted by Crippen LogP contribution is -2.31.